The number of carbonyl (C=O) groups excluding carboxylic acids is 1. The van der Waals surface area contributed by atoms with E-state index in [1.54, 1.807) is 31.0 Å². The molecule has 0 saturated heterocycles. The third-order valence-corrected chi connectivity index (χ3v) is 3.42. The predicted molar refractivity (Wildman–Crippen MR) is 68.5 cm³/mol. The van der Waals surface area contributed by atoms with Gasteiger partial charge in [0.2, 0.25) is 0 Å². The van der Waals surface area contributed by atoms with Gasteiger partial charge in [0.05, 0.1) is 24.9 Å². The molecule has 2 aromatic rings. The second kappa shape index (κ2) is 5.82. The first-order valence-electron chi connectivity index (χ1n) is 5.48. The monoisotopic (exact) mass is 266 g/mol. The zero-order chi connectivity index (χ0) is 13.0. The highest BCUT2D eigenvalue weighted by Crippen LogP contribution is 2.22. The van der Waals surface area contributed by atoms with E-state index in [-0.39, 0.29) is 5.97 Å². The fourth-order valence-electron chi connectivity index (χ4n) is 1.57. The van der Waals surface area contributed by atoms with Crippen LogP contribution in [0, 0.1) is 6.92 Å². The first-order chi connectivity index (χ1) is 8.70. The van der Waals surface area contributed by atoms with Crippen molar-refractivity contribution in [3.05, 3.63) is 47.3 Å². The van der Waals surface area contributed by atoms with Crippen LogP contribution in [0.5, 0.6) is 0 Å². The smallest absolute Gasteiger partial charge is 0.341 e. The average molecular weight is 266 g/mol. The third-order valence-electron chi connectivity index (χ3n) is 2.44. The van der Waals surface area contributed by atoms with Crippen molar-refractivity contribution in [3.8, 4) is 0 Å². The van der Waals surface area contributed by atoms with Gasteiger partial charge in [-0.15, -0.1) is 11.8 Å². The van der Waals surface area contributed by atoms with Gasteiger partial charge in [-0.25, -0.2) is 4.79 Å². The van der Waals surface area contributed by atoms with Crippen molar-refractivity contribution in [2.75, 3.05) is 7.11 Å². The van der Waals surface area contributed by atoms with Crippen LogP contribution in [-0.4, -0.2) is 13.1 Å². The molecule has 96 valence electrons. The van der Waals surface area contributed by atoms with Crippen molar-refractivity contribution in [2.45, 2.75) is 18.4 Å². The zero-order valence-electron chi connectivity index (χ0n) is 10.3. The van der Waals surface area contributed by atoms with Crippen LogP contribution in [0.3, 0.4) is 0 Å². The number of hydrogen-bond acceptors (Lipinski definition) is 5. The quantitative estimate of drug-likeness (QED) is 0.776. The second-order valence-corrected chi connectivity index (χ2v) is 4.73. The molecule has 0 amide bonds. The van der Waals surface area contributed by atoms with Crippen LogP contribution in [0.1, 0.15) is 27.6 Å². The Balaban J connectivity index is 1.92. The summed E-state index contributed by atoms with van der Waals surface area (Å²) in [5.41, 5.74) is 0.492. The summed E-state index contributed by atoms with van der Waals surface area (Å²) in [6.07, 6.45) is 1.66. The second-order valence-electron chi connectivity index (χ2n) is 3.75. The van der Waals surface area contributed by atoms with Gasteiger partial charge < -0.3 is 13.6 Å². The van der Waals surface area contributed by atoms with Gasteiger partial charge in [-0.05, 0) is 25.1 Å². The maximum atomic E-state index is 11.4. The van der Waals surface area contributed by atoms with Crippen molar-refractivity contribution < 1.29 is 18.4 Å². The molecule has 5 heteroatoms. The van der Waals surface area contributed by atoms with E-state index in [1.807, 2.05) is 12.1 Å². The van der Waals surface area contributed by atoms with Gasteiger partial charge in [-0.1, -0.05) is 0 Å². The van der Waals surface area contributed by atoms with Crippen molar-refractivity contribution in [3.63, 3.8) is 0 Å². The number of aryl methyl sites for hydroxylation is 1. The van der Waals surface area contributed by atoms with Crippen molar-refractivity contribution in [1.29, 1.82) is 0 Å². The van der Waals surface area contributed by atoms with Gasteiger partial charge in [-0.3, -0.25) is 0 Å². The van der Waals surface area contributed by atoms with E-state index in [4.69, 9.17) is 8.83 Å². The summed E-state index contributed by atoms with van der Waals surface area (Å²) in [5.74, 6) is 3.40. The van der Waals surface area contributed by atoms with Gasteiger partial charge in [-0.2, -0.15) is 0 Å². The Kier molecular flexibility index (Phi) is 4.15. The van der Waals surface area contributed by atoms with Crippen LogP contribution in [0.15, 0.2) is 33.3 Å². The molecule has 0 aromatic carbocycles. The maximum Gasteiger partial charge on any atom is 0.341 e. The van der Waals surface area contributed by atoms with Crippen molar-refractivity contribution in [2.24, 2.45) is 0 Å². The van der Waals surface area contributed by atoms with E-state index < -0.39 is 0 Å². The minimum Gasteiger partial charge on any atom is -0.468 e. The number of methoxy groups -OCH3 is 1. The minimum absolute atomic E-state index is 0.362. The summed E-state index contributed by atoms with van der Waals surface area (Å²) in [6, 6.07) is 5.53. The average Bonchev–Trinajstić information content (AvgIpc) is 2.98. The molecule has 0 aliphatic rings. The Morgan fingerprint density at radius 3 is 2.83 bits per heavy atom. The Hall–Kier alpha value is -1.62. The molecule has 0 aliphatic carbocycles. The summed E-state index contributed by atoms with van der Waals surface area (Å²) < 4.78 is 15.4. The molecule has 0 aliphatic heterocycles. The summed E-state index contributed by atoms with van der Waals surface area (Å²) in [5, 5.41) is 0. The van der Waals surface area contributed by atoms with Crippen LogP contribution < -0.4 is 0 Å². The highest BCUT2D eigenvalue weighted by molar-refractivity contribution is 7.97. The largest absolute Gasteiger partial charge is 0.468 e. The lowest BCUT2D eigenvalue weighted by Gasteiger charge is -1.95. The van der Waals surface area contributed by atoms with E-state index in [0.29, 0.717) is 17.1 Å². The summed E-state index contributed by atoms with van der Waals surface area (Å²) >= 11 is 1.67. The molecule has 0 bridgehead atoms. The number of carbonyl (C=O) groups is 1. The molecule has 0 N–H and O–H groups in total. The van der Waals surface area contributed by atoms with Crippen LogP contribution in [-0.2, 0) is 16.2 Å². The molecule has 2 heterocycles. The molecule has 0 unspecified atom stereocenters. The van der Waals surface area contributed by atoms with Gasteiger partial charge in [0.1, 0.15) is 22.8 Å². The van der Waals surface area contributed by atoms with Crippen LogP contribution in [0.2, 0.25) is 0 Å². The molecule has 4 nitrogen and oxygen atoms in total. The number of ether oxygens (including phenoxy) is 1. The van der Waals surface area contributed by atoms with E-state index in [9.17, 15) is 4.79 Å². The van der Waals surface area contributed by atoms with Gasteiger partial charge in [0, 0.05) is 0 Å². The van der Waals surface area contributed by atoms with Gasteiger partial charge >= 0.3 is 5.97 Å². The van der Waals surface area contributed by atoms with Gasteiger partial charge in [0.15, 0.2) is 0 Å². The van der Waals surface area contributed by atoms with Gasteiger partial charge in [0.25, 0.3) is 0 Å². The molecule has 2 rings (SSSR count). The SMILES string of the molecule is COC(=O)c1cc(CSCc2ccco2)oc1C. The summed E-state index contributed by atoms with van der Waals surface area (Å²) in [6.45, 7) is 1.76. The molecule has 2 aromatic heterocycles. The molecule has 0 atom stereocenters. The summed E-state index contributed by atoms with van der Waals surface area (Å²) in [4.78, 5) is 11.4. The number of furan rings is 2. The number of thioether (sulfide) groups is 1. The van der Waals surface area contributed by atoms with Crippen LogP contribution in [0.25, 0.3) is 0 Å². The topological polar surface area (TPSA) is 52.6 Å². The lowest BCUT2D eigenvalue weighted by Crippen LogP contribution is -2.00. The fraction of sp³-hybridized carbons (Fsp3) is 0.308. The Labute approximate surface area is 109 Å². The first-order valence-corrected chi connectivity index (χ1v) is 6.64. The van der Waals surface area contributed by atoms with Crippen LogP contribution in [0.4, 0.5) is 0 Å². The third kappa shape index (κ3) is 2.98. The molecule has 0 spiro atoms. The number of hydrogen-bond donors (Lipinski definition) is 0. The number of rotatable bonds is 5. The first kappa shape index (κ1) is 12.8. The number of esters is 1. The van der Waals surface area contributed by atoms with Crippen molar-refractivity contribution >= 4 is 17.7 Å². The zero-order valence-corrected chi connectivity index (χ0v) is 11.1. The van der Waals surface area contributed by atoms with Crippen molar-refractivity contribution in [1.82, 2.24) is 0 Å². The Morgan fingerprint density at radius 2 is 2.17 bits per heavy atom. The molecule has 0 saturated carbocycles. The maximum absolute atomic E-state index is 11.4. The molecule has 0 fully saturated rings. The molecular formula is C13H14O4S. The van der Waals surface area contributed by atoms with E-state index >= 15 is 0 Å². The highest BCUT2D eigenvalue weighted by atomic mass is 32.2. The predicted octanol–water partition coefficient (Wildman–Crippen LogP) is 3.40. The Bertz CT molecular complexity index is 513. The normalized spacial score (nSPS) is 10.6. The molecule has 0 radical (unpaired) electrons. The molecular weight excluding hydrogens is 252 g/mol. The fourth-order valence-corrected chi connectivity index (χ4v) is 2.39. The van der Waals surface area contributed by atoms with Crippen LogP contribution >= 0.6 is 11.8 Å². The highest BCUT2D eigenvalue weighted by Gasteiger charge is 2.15. The molecule has 18 heavy (non-hydrogen) atoms. The standard InChI is InChI=1S/C13H14O4S/c1-9-12(13(14)15-2)6-11(17-9)8-18-7-10-4-3-5-16-10/h3-6H,7-8H2,1-2H3. The lowest BCUT2D eigenvalue weighted by atomic mass is 10.2. The van der Waals surface area contributed by atoms with E-state index in [1.165, 1.54) is 7.11 Å². The Morgan fingerprint density at radius 1 is 1.39 bits per heavy atom. The summed E-state index contributed by atoms with van der Waals surface area (Å²) in [7, 11) is 1.36. The minimum atomic E-state index is -0.362. The van der Waals surface area contributed by atoms with E-state index in [0.717, 1.165) is 17.3 Å². The van der Waals surface area contributed by atoms with E-state index in [2.05, 4.69) is 4.74 Å². The lowest BCUT2D eigenvalue weighted by molar-refractivity contribution is 0.0599.